The molecule has 0 aromatic carbocycles. The van der Waals surface area contributed by atoms with Crippen LogP contribution in [0.15, 0.2) is 48.6 Å². The first-order valence-corrected chi connectivity index (χ1v) is 9.62. The number of aliphatic hydroxyl groups is 3. The van der Waals surface area contributed by atoms with Crippen LogP contribution in [0.3, 0.4) is 0 Å². The van der Waals surface area contributed by atoms with Gasteiger partial charge in [-0.3, -0.25) is 4.79 Å². The van der Waals surface area contributed by atoms with Crippen LogP contribution in [-0.2, 0) is 4.79 Å². The van der Waals surface area contributed by atoms with Gasteiger partial charge in [-0.25, -0.2) is 0 Å². The van der Waals surface area contributed by atoms with Crippen LogP contribution in [0.2, 0.25) is 0 Å². The highest BCUT2D eigenvalue weighted by Crippen LogP contribution is 2.26. The molecule has 0 saturated heterocycles. The molecule has 0 aromatic rings. The molecule has 0 rings (SSSR count). The quantitative estimate of drug-likeness (QED) is 0.344. The van der Waals surface area contributed by atoms with Crippen LogP contribution in [0.4, 0.5) is 0 Å². The number of hydrogen-bond acceptors (Lipinski definition) is 4. The van der Waals surface area contributed by atoms with Gasteiger partial charge in [0.15, 0.2) is 0 Å². The number of allylic oxidation sites excluding steroid dienone is 6. The molecule has 0 unspecified atom stereocenters. The van der Waals surface area contributed by atoms with Crippen molar-refractivity contribution in [3.8, 4) is 0 Å². The minimum Gasteiger partial charge on any atom is -0.481 e. The van der Waals surface area contributed by atoms with Crippen molar-refractivity contribution < 1.29 is 25.2 Å². The Morgan fingerprint density at radius 3 is 2.04 bits per heavy atom. The number of carbonyl (C=O) groups is 1. The van der Waals surface area contributed by atoms with E-state index in [2.05, 4.69) is 20.8 Å². The Kier molecular flexibility index (Phi) is 13.5. The second kappa shape index (κ2) is 14.4. The third kappa shape index (κ3) is 15.1. The summed E-state index contributed by atoms with van der Waals surface area (Å²) in [4.78, 5) is 10.4. The zero-order valence-electron chi connectivity index (χ0n) is 16.8. The lowest BCUT2D eigenvalue weighted by atomic mass is 9.84. The van der Waals surface area contributed by atoms with E-state index in [9.17, 15) is 20.1 Å². The van der Waals surface area contributed by atoms with Crippen molar-refractivity contribution in [2.75, 3.05) is 0 Å². The van der Waals surface area contributed by atoms with E-state index in [1.165, 1.54) is 6.08 Å². The maximum Gasteiger partial charge on any atom is 0.303 e. The highest BCUT2D eigenvalue weighted by molar-refractivity contribution is 5.66. The van der Waals surface area contributed by atoms with Gasteiger partial charge in [0.05, 0.1) is 18.3 Å². The topological polar surface area (TPSA) is 98.0 Å². The van der Waals surface area contributed by atoms with E-state index in [0.717, 1.165) is 19.3 Å². The van der Waals surface area contributed by atoms with Gasteiger partial charge in [0.2, 0.25) is 0 Å². The molecule has 0 aromatic heterocycles. The molecule has 0 radical (unpaired) electrons. The minimum atomic E-state index is -1.02. The van der Waals surface area contributed by atoms with Crippen LogP contribution in [0.5, 0.6) is 0 Å². The molecule has 0 aliphatic rings. The van der Waals surface area contributed by atoms with E-state index < -0.39 is 24.3 Å². The van der Waals surface area contributed by atoms with Crippen LogP contribution < -0.4 is 0 Å². The van der Waals surface area contributed by atoms with E-state index in [-0.39, 0.29) is 18.3 Å². The van der Waals surface area contributed by atoms with Crippen molar-refractivity contribution in [3.63, 3.8) is 0 Å². The molecule has 154 valence electrons. The molecule has 0 amide bonds. The molecule has 0 aliphatic heterocycles. The van der Waals surface area contributed by atoms with Crippen molar-refractivity contribution >= 4 is 5.97 Å². The lowest BCUT2D eigenvalue weighted by Crippen LogP contribution is -2.23. The third-order valence-corrected chi connectivity index (χ3v) is 4.56. The minimum absolute atomic E-state index is 0.0171. The molecule has 5 nitrogen and oxygen atoms in total. The second-order valence-corrected chi connectivity index (χ2v) is 7.51. The van der Waals surface area contributed by atoms with Crippen molar-refractivity contribution in [2.24, 2.45) is 5.41 Å². The molecule has 27 heavy (non-hydrogen) atoms. The summed E-state index contributed by atoms with van der Waals surface area (Å²) in [5.41, 5.74) is 0.258. The second-order valence-electron chi connectivity index (χ2n) is 7.51. The molecule has 0 bridgehead atoms. The van der Waals surface area contributed by atoms with Gasteiger partial charge in [0, 0.05) is 6.42 Å². The fraction of sp³-hybridized carbons (Fsp3) is 0.591. The Labute approximate surface area is 163 Å². The van der Waals surface area contributed by atoms with Gasteiger partial charge >= 0.3 is 5.97 Å². The maximum absolute atomic E-state index is 10.4. The summed E-state index contributed by atoms with van der Waals surface area (Å²) in [5.74, 6) is -0.909. The van der Waals surface area contributed by atoms with Crippen molar-refractivity contribution in [2.45, 2.75) is 77.6 Å². The van der Waals surface area contributed by atoms with Gasteiger partial charge in [-0.05, 0) is 31.1 Å². The molecule has 3 atom stereocenters. The van der Waals surface area contributed by atoms with Gasteiger partial charge < -0.3 is 20.4 Å². The molecule has 5 heteroatoms. The summed E-state index contributed by atoms with van der Waals surface area (Å²) >= 11 is 0. The van der Waals surface area contributed by atoms with E-state index in [4.69, 9.17) is 5.11 Å². The van der Waals surface area contributed by atoms with E-state index >= 15 is 0 Å². The predicted molar refractivity (Wildman–Crippen MR) is 109 cm³/mol. The summed E-state index contributed by atoms with van der Waals surface area (Å²) in [6.07, 6.45) is 14.7. The SMILES string of the molecule is CCC(C)(C)CC[C@H](O)C=CC=CC=CC=C[C@@H](O)[C@@H](O)CCCC(=O)O. The number of carboxylic acids is 1. The van der Waals surface area contributed by atoms with Gasteiger partial charge in [0.25, 0.3) is 0 Å². The summed E-state index contributed by atoms with van der Waals surface area (Å²) in [7, 11) is 0. The van der Waals surface area contributed by atoms with Gasteiger partial charge in [0.1, 0.15) is 0 Å². The summed E-state index contributed by atoms with van der Waals surface area (Å²) in [5, 5.41) is 37.9. The van der Waals surface area contributed by atoms with Crippen LogP contribution in [-0.4, -0.2) is 44.7 Å². The zero-order valence-corrected chi connectivity index (χ0v) is 16.8. The average Bonchev–Trinajstić information content (AvgIpc) is 2.61. The molecule has 0 spiro atoms. The lowest BCUT2D eigenvalue weighted by Gasteiger charge is -2.23. The molecular formula is C22H36O5. The van der Waals surface area contributed by atoms with Crippen molar-refractivity contribution in [1.29, 1.82) is 0 Å². The Hall–Kier alpha value is -1.69. The highest BCUT2D eigenvalue weighted by atomic mass is 16.4. The Morgan fingerprint density at radius 1 is 0.926 bits per heavy atom. The standard InChI is InChI=1S/C22H36O5/c1-4-22(2,3)17-16-18(23)12-9-7-5-6-8-10-13-19(24)20(25)14-11-15-21(26)27/h5-10,12-13,18-20,23-25H,4,11,14-17H2,1-3H3,(H,26,27)/t18-,19-,20+/m1/s1. The van der Waals surface area contributed by atoms with Gasteiger partial charge in [-0.2, -0.15) is 0 Å². The normalized spacial score (nSPS) is 16.7. The number of hydrogen-bond donors (Lipinski definition) is 4. The summed E-state index contributed by atoms with van der Waals surface area (Å²) in [6, 6.07) is 0. The third-order valence-electron chi connectivity index (χ3n) is 4.56. The monoisotopic (exact) mass is 380 g/mol. The first kappa shape index (κ1) is 25.3. The predicted octanol–water partition coefficient (Wildman–Crippen LogP) is 3.77. The zero-order chi connectivity index (χ0) is 20.7. The molecule has 0 aliphatic carbocycles. The van der Waals surface area contributed by atoms with Gasteiger partial charge in [-0.15, -0.1) is 0 Å². The Morgan fingerprint density at radius 2 is 1.48 bits per heavy atom. The fourth-order valence-electron chi connectivity index (χ4n) is 2.20. The van der Waals surface area contributed by atoms with Crippen LogP contribution >= 0.6 is 0 Å². The Bertz CT molecular complexity index is 517. The maximum atomic E-state index is 10.4. The Balaban J connectivity index is 4.08. The number of carboxylic acid groups (broad SMARTS) is 1. The first-order valence-electron chi connectivity index (χ1n) is 9.62. The molecule has 0 saturated carbocycles. The van der Waals surface area contributed by atoms with Crippen LogP contribution in [0, 0.1) is 5.41 Å². The van der Waals surface area contributed by atoms with Crippen molar-refractivity contribution in [1.82, 2.24) is 0 Å². The number of aliphatic carboxylic acids is 1. The summed E-state index contributed by atoms with van der Waals surface area (Å²) in [6.45, 7) is 6.56. The summed E-state index contributed by atoms with van der Waals surface area (Å²) < 4.78 is 0. The van der Waals surface area contributed by atoms with E-state index in [1.807, 2.05) is 6.08 Å². The molecular weight excluding hydrogens is 344 g/mol. The average molecular weight is 381 g/mol. The van der Waals surface area contributed by atoms with E-state index in [0.29, 0.717) is 6.42 Å². The smallest absolute Gasteiger partial charge is 0.303 e. The largest absolute Gasteiger partial charge is 0.481 e. The van der Waals surface area contributed by atoms with Crippen LogP contribution in [0.1, 0.15) is 59.3 Å². The van der Waals surface area contributed by atoms with Crippen molar-refractivity contribution in [3.05, 3.63) is 48.6 Å². The number of aliphatic hydroxyl groups excluding tert-OH is 3. The van der Waals surface area contributed by atoms with Gasteiger partial charge in [-0.1, -0.05) is 75.8 Å². The molecule has 0 heterocycles. The lowest BCUT2D eigenvalue weighted by molar-refractivity contribution is -0.137. The van der Waals surface area contributed by atoms with E-state index in [1.54, 1.807) is 36.5 Å². The molecule has 4 N–H and O–H groups in total. The fourth-order valence-corrected chi connectivity index (χ4v) is 2.20. The first-order chi connectivity index (χ1) is 12.7. The molecule has 0 fully saturated rings. The van der Waals surface area contributed by atoms with Crippen LogP contribution in [0.25, 0.3) is 0 Å². The highest BCUT2D eigenvalue weighted by Gasteiger charge is 2.15. The number of rotatable bonds is 14.